The fourth-order valence-electron chi connectivity index (χ4n) is 2.87. The second kappa shape index (κ2) is 10.7. The van der Waals surface area contributed by atoms with Crippen molar-refractivity contribution in [3.05, 3.63) is 69.2 Å². The summed E-state index contributed by atoms with van der Waals surface area (Å²) in [4.78, 5) is 24.5. The molecule has 0 bridgehead atoms. The molecule has 3 aromatic rings. The minimum atomic E-state index is -0.388. The Bertz CT molecular complexity index is 1130. The maximum Gasteiger partial charge on any atom is 0.251 e. The van der Waals surface area contributed by atoms with Crippen LogP contribution in [0.15, 0.2) is 46.0 Å². The number of nitrogens with one attached hydrogen (secondary N) is 2. The molecule has 168 valence electrons. The van der Waals surface area contributed by atoms with Gasteiger partial charge in [0.05, 0.1) is 11.4 Å². The van der Waals surface area contributed by atoms with Crippen molar-refractivity contribution in [1.82, 2.24) is 20.1 Å². The third-order valence-electron chi connectivity index (χ3n) is 4.86. The van der Waals surface area contributed by atoms with Gasteiger partial charge in [0.1, 0.15) is 11.6 Å². The SMILES string of the molecule is Cc1cc(Br)c(NC(=O)CSc2nnc(CCNC(=O)c3ccc(F)cc3)n2C)cc1C. The van der Waals surface area contributed by atoms with Crippen LogP contribution in [0.4, 0.5) is 10.1 Å². The maximum absolute atomic E-state index is 13.0. The minimum Gasteiger partial charge on any atom is -0.352 e. The van der Waals surface area contributed by atoms with Crippen LogP contribution in [0.1, 0.15) is 27.3 Å². The Morgan fingerprint density at radius 2 is 1.81 bits per heavy atom. The van der Waals surface area contributed by atoms with E-state index in [4.69, 9.17) is 0 Å². The lowest BCUT2D eigenvalue weighted by atomic mass is 10.1. The van der Waals surface area contributed by atoms with Crippen LogP contribution < -0.4 is 10.6 Å². The van der Waals surface area contributed by atoms with E-state index in [1.54, 1.807) is 4.57 Å². The zero-order valence-electron chi connectivity index (χ0n) is 17.9. The van der Waals surface area contributed by atoms with E-state index in [2.05, 4.69) is 36.8 Å². The van der Waals surface area contributed by atoms with E-state index in [-0.39, 0.29) is 23.4 Å². The van der Waals surface area contributed by atoms with Crippen molar-refractivity contribution in [3.63, 3.8) is 0 Å². The summed E-state index contributed by atoms with van der Waals surface area (Å²) in [6.45, 7) is 4.37. The van der Waals surface area contributed by atoms with Crippen molar-refractivity contribution in [2.24, 2.45) is 7.05 Å². The van der Waals surface area contributed by atoms with E-state index in [0.29, 0.717) is 29.5 Å². The van der Waals surface area contributed by atoms with E-state index in [1.807, 2.05) is 33.0 Å². The van der Waals surface area contributed by atoms with E-state index in [1.165, 1.54) is 36.0 Å². The molecule has 1 heterocycles. The Morgan fingerprint density at radius 1 is 1.12 bits per heavy atom. The van der Waals surface area contributed by atoms with Gasteiger partial charge in [0.2, 0.25) is 5.91 Å². The number of aromatic nitrogens is 3. The number of aryl methyl sites for hydroxylation is 2. The summed E-state index contributed by atoms with van der Waals surface area (Å²) in [5, 5.41) is 14.6. The predicted molar refractivity (Wildman–Crippen MR) is 126 cm³/mol. The second-order valence-corrected chi connectivity index (χ2v) is 9.02. The monoisotopic (exact) mass is 519 g/mol. The normalized spacial score (nSPS) is 10.8. The zero-order chi connectivity index (χ0) is 23.3. The molecule has 7 nitrogen and oxygen atoms in total. The fourth-order valence-corrected chi connectivity index (χ4v) is 4.16. The van der Waals surface area contributed by atoms with E-state index in [0.717, 1.165) is 21.3 Å². The molecule has 0 radical (unpaired) electrons. The number of halogens is 2. The fraction of sp³-hybridized carbons (Fsp3) is 0.273. The molecular formula is C22H23BrFN5O2S. The number of anilines is 1. The number of nitrogens with zero attached hydrogens (tertiary/aromatic N) is 3. The average Bonchev–Trinajstić information content (AvgIpc) is 3.10. The first kappa shape index (κ1) is 23.9. The van der Waals surface area contributed by atoms with Crippen LogP contribution in [0, 0.1) is 19.7 Å². The van der Waals surface area contributed by atoms with Gasteiger partial charge in [-0.3, -0.25) is 9.59 Å². The molecule has 0 saturated carbocycles. The molecule has 1 aromatic heterocycles. The lowest BCUT2D eigenvalue weighted by Gasteiger charge is -2.10. The van der Waals surface area contributed by atoms with Crippen LogP contribution in [0.3, 0.4) is 0 Å². The van der Waals surface area contributed by atoms with Gasteiger partial charge in [-0.05, 0) is 77.3 Å². The molecule has 0 atom stereocenters. The Labute approximate surface area is 198 Å². The van der Waals surface area contributed by atoms with Crippen LogP contribution in [0.2, 0.25) is 0 Å². The number of rotatable bonds is 8. The first-order chi connectivity index (χ1) is 15.2. The molecule has 0 spiro atoms. The molecular weight excluding hydrogens is 497 g/mol. The second-order valence-electron chi connectivity index (χ2n) is 7.22. The lowest BCUT2D eigenvalue weighted by Crippen LogP contribution is -2.26. The number of carbonyl (C=O) groups is 2. The summed E-state index contributed by atoms with van der Waals surface area (Å²) in [7, 11) is 1.82. The van der Waals surface area contributed by atoms with E-state index >= 15 is 0 Å². The summed E-state index contributed by atoms with van der Waals surface area (Å²) >= 11 is 4.76. The Hall–Kier alpha value is -2.72. The van der Waals surface area contributed by atoms with E-state index < -0.39 is 0 Å². The quantitative estimate of drug-likeness (QED) is 0.438. The number of thioether (sulfide) groups is 1. The number of benzene rings is 2. The van der Waals surface area contributed by atoms with Gasteiger partial charge in [0.25, 0.3) is 5.91 Å². The van der Waals surface area contributed by atoms with Gasteiger partial charge in [-0.2, -0.15) is 0 Å². The standard InChI is InChI=1S/C22H23BrFN5O2S/c1-13-10-17(23)18(11-14(13)2)26-20(30)12-32-22-28-27-19(29(22)3)8-9-25-21(31)15-4-6-16(24)7-5-15/h4-7,10-11H,8-9,12H2,1-3H3,(H,25,31)(H,26,30). The first-order valence-corrected chi connectivity index (χ1v) is 11.6. The lowest BCUT2D eigenvalue weighted by molar-refractivity contribution is -0.113. The Kier molecular flexibility index (Phi) is 8.03. The number of hydrogen-bond donors (Lipinski definition) is 2. The van der Waals surface area contributed by atoms with Gasteiger partial charge in [0, 0.05) is 30.0 Å². The van der Waals surface area contributed by atoms with Crippen molar-refractivity contribution in [2.45, 2.75) is 25.4 Å². The molecule has 10 heteroatoms. The highest BCUT2D eigenvalue weighted by molar-refractivity contribution is 9.10. The van der Waals surface area contributed by atoms with Gasteiger partial charge in [-0.15, -0.1) is 10.2 Å². The summed E-state index contributed by atoms with van der Waals surface area (Å²) in [5.41, 5.74) is 3.36. The minimum absolute atomic E-state index is 0.143. The van der Waals surface area contributed by atoms with Crippen LogP contribution in [-0.2, 0) is 18.3 Å². The van der Waals surface area contributed by atoms with Gasteiger partial charge in [-0.1, -0.05) is 11.8 Å². The maximum atomic E-state index is 13.0. The van der Waals surface area contributed by atoms with Crippen LogP contribution >= 0.6 is 27.7 Å². The van der Waals surface area contributed by atoms with Crippen molar-refractivity contribution < 1.29 is 14.0 Å². The first-order valence-electron chi connectivity index (χ1n) is 9.86. The van der Waals surface area contributed by atoms with Crippen LogP contribution in [0.5, 0.6) is 0 Å². The van der Waals surface area contributed by atoms with Gasteiger partial charge in [-0.25, -0.2) is 4.39 Å². The largest absolute Gasteiger partial charge is 0.352 e. The smallest absolute Gasteiger partial charge is 0.251 e. The summed E-state index contributed by atoms with van der Waals surface area (Å²) in [6.07, 6.45) is 0.471. The molecule has 2 aromatic carbocycles. The average molecular weight is 520 g/mol. The predicted octanol–water partition coefficient (Wildman–Crippen LogP) is 4.04. The molecule has 2 N–H and O–H groups in total. The molecule has 3 rings (SSSR count). The summed E-state index contributed by atoms with van der Waals surface area (Å²) < 4.78 is 15.6. The highest BCUT2D eigenvalue weighted by atomic mass is 79.9. The van der Waals surface area contributed by atoms with E-state index in [9.17, 15) is 14.0 Å². The highest BCUT2D eigenvalue weighted by Gasteiger charge is 2.13. The van der Waals surface area contributed by atoms with Crippen molar-refractivity contribution in [2.75, 3.05) is 17.6 Å². The zero-order valence-corrected chi connectivity index (χ0v) is 20.3. The van der Waals surface area contributed by atoms with Crippen molar-refractivity contribution >= 4 is 45.2 Å². The van der Waals surface area contributed by atoms with Crippen LogP contribution in [0.25, 0.3) is 0 Å². The third kappa shape index (κ3) is 6.17. The van der Waals surface area contributed by atoms with Gasteiger partial charge >= 0.3 is 0 Å². The molecule has 0 aliphatic rings. The molecule has 0 aliphatic heterocycles. The highest BCUT2D eigenvalue weighted by Crippen LogP contribution is 2.26. The van der Waals surface area contributed by atoms with Crippen molar-refractivity contribution in [3.8, 4) is 0 Å². The van der Waals surface area contributed by atoms with Gasteiger partial charge < -0.3 is 15.2 Å². The Morgan fingerprint density at radius 3 is 2.53 bits per heavy atom. The van der Waals surface area contributed by atoms with Crippen molar-refractivity contribution in [1.29, 1.82) is 0 Å². The van der Waals surface area contributed by atoms with Gasteiger partial charge in [0.15, 0.2) is 5.16 Å². The molecule has 2 amide bonds. The molecule has 32 heavy (non-hydrogen) atoms. The Balaban J connectivity index is 1.49. The molecule has 0 saturated heterocycles. The molecule has 0 fully saturated rings. The summed E-state index contributed by atoms with van der Waals surface area (Å²) in [6, 6.07) is 9.27. The number of carbonyl (C=O) groups excluding carboxylic acids is 2. The topological polar surface area (TPSA) is 88.9 Å². The summed E-state index contributed by atoms with van der Waals surface area (Å²) in [5.74, 6) is 0.0586. The molecule has 0 unspecified atom stereocenters. The molecule has 0 aliphatic carbocycles. The third-order valence-corrected chi connectivity index (χ3v) is 6.53. The number of hydrogen-bond acceptors (Lipinski definition) is 5. The number of amides is 2. The van der Waals surface area contributed by atoms with Crippen LogP contribution in [-0.4, -0.2) is 38.9 Å².